The summed E-state index contributed by atoms with van der Waals surface area (Å²) in [6.45, 7) is 7.77. The van der Waals surface area contributed by atoms with E-state index in [0.29, 0.717) is 23.2 Å². The van der Waals surface area contributed by atoms with Crippen LogP contribution in [0.4, 0.5) is 0 Å². The van der Waals surface area contributed by atoms with Crippen LogP contribution in [-0.2, 0) is 4.74 Å². The third-order valence-corrected chi connectivity index (χ3v) is 4.80. The first kappa shape index (κ1) is 13.0. The zero-order valence-electron chi connectivity index (χ0n) is 10.9. The Morgan fingerprint density at radius 2 is 2.00 bits per heavy atom. The number of rotatable bonds is 4. The van der Waals surface area contributed by atoms with Crippen LogP contribution >= 0.6 is 11.8 Å². The molecular formula is C15H22OS. The molecule has 0 radical (unpaired) electrons. The maximum absolute atomic E-state index is 5.94. The summed E-state index contributed by atoms with van der Waals surface area (Å²) in [7, 11) is 0. The van der Waals surface area contributed by atoms with E-state index in [1.807, 2.05) is 11.8 Å². The van der Waals surface area contributed by atoms with Crippen LogP contribution < -0.4 is 0 Å². The van der Waals surface area contributed by atoms with Crippen LogP contribution in [0.5, 0.6) is 0 Å². The normalized spacial score (nSPS) is 28.8. The summed E-state index contributed by atoms with van der Waals surface area (Å²) >= 11 is 1.98. The first-order valence-corrected chi connectivity index (χ1v) is 7.38. The zero-order chi connectivity index (χ0) is 12.3. The molecule has 94 valence electrons. The molecule has 1 aromatic rings. The first-order valence-electron chi connectivity index (χ1n) is 6.50. The molecule has 1 nitrogen and oxygen atoms in total. The van der Waals surface area contributed by atoms with Crippen LogP contribution in [0.1, 0.15) is 27.2 Å². The van der Waals surface area contributed by atoms with Crippen LogP contribution in [0.2, 0.25) is 0 Å². The van der Waals surface area contributed by atoms with Crippen molar-refractivity contribution < 1.29 is 4.74 Å². The Morgan fingerprint density at radius 3 is 2.65 bits per heavy atom. The van der Waals surface area contributed by atoms with Gasteiger partial charge in [-0.15, -0.1) is 11.8 Å². The molecule has 0 aliphatic carbocycles. The fraction of sp³-hybridized carbons (Fsp3) is 0.600. The second-order valence-corrected chi connectivity index (χ2v) is 6.63. The lowest BCUT2D eigenvalue weighted by atomic mass is 10.00. The Bertz CT molecular complexity index is 336. The fourth-order valence-electron chi connectivity index (χ4n) is 2.35. The highest BCUT2D eigenvalue weighted by molar-refractivity contribution is 8.00. The molecule has 1 aliphatic rings. The molecule has 0 N–H and O–H groups in total. The van der Waals surface area contributed by atoms with Crippen molar-refractivity contribution in [2.45, 2.75) is 43.4 Å². The van der Waals surface area contributed by atoms with Gasteiger partial charge in [-0.25, -0.2) is 0 Å². The molecule has 2 heteroatoms. The van der Waals surface area contributed by atoms with E-state index >= 15 is 0 Å². The van der Waals surface area contributed by atoms with Crippen molar-refractivity contribution in [1.82, 2.24) is 0 Å². The van der Waals surface area contributed by atoms with Crippen LogP contribution in [-0.4, -0.2) is 18.0 Å². The Kier molecular flexibility index (Phi) is 4.52. The van der Waals surface area contributed by atoms with Gasteiger partial charge in [0.25, 0.3) is 0 Å². The highest BCUT2D eigenvalue weighted by atomic mass is 32.2. The SMILES string of the molecule is CC(C)C[C@H]1OC[C@H](C)[C@H]1Sc1ccccc1. The maximum atomic E-state index is 5.94. The van der Waals surface area contributed by atoms with Crippen molar-refractivity contribution in [3.8, 4) is 0 Å². The second-order valence-electron chi connectivity index (χ2n) is 5.37. The molecule has 0 aromatic heterocycles. The number of hydrogen-bond acceptors (Lipinski definition) is 2. The van der Waals surface area contributed by atoms with Crippen LogP contribution in [0.3, 0.4) is 0 Å². The first-order chi connectivity index (χ1) is 8.16. The lowest BCUT2D eigenvalue weighted by molar-refractivity contribution is 0.0927. The second kappa shape index (κ2) is 5.92. The smallest absolute Gasteiger partial charge is 0.0703 e. The summed E-state index contributed by atoms with van der Waals surface area (Å²) < 4.78 is 5.94. The van der Waals surface area contributed by atoms with Gasteiger partial charge in [0.2, 0.25) is 0 Å². The van der Waals surface area contributed by atoms with E-state index in [-0.39, 0.29) is 0 Å². The van der Waals surface area contributed by atoms with Gasteiger partial charge in [0.15, 0.2) is 0 Å². The van der Waals surface area contributed by atoms with Gasteiger partial charge in [0.05, 0.1) is 12.7 Å². The Labute approximate surface area is 109 Å². The van der Waals surface area contributed by atoms with Crippen molar-refractivity contribution in [1.29, 1.82) is 0 Å². The molecule has 1 fully saturated rings. The minimum atomic E-state index is 0.426. The minimum absolute atomic E-state index is 0.426. The quantitative estimate of drug-likeness (QED) is 0.791. The van der Waals surface area contributed by atoms with Gasteiger partial charge in [-0.1, -0.05) is 39.0 Å². The molecule has 3 atom stereocenters. The predicted octanol–water partition coefficient (Wildman–Crippen LogP) is 4.23. The highest BCUT2D eigenvalue weighted by Crippen LogP contribution is 2.38. The van der Waals surface area contributed by atoms with E-state index in [4.69, 9.17) is 4.74 Å². The summed E-state index contributed by atoms with van der Waals surface area (Å²) in [6, 6.07) is 10.7. The third kappa shape index (κ3) is 3.49. The summed E-state index contributed by atoms with van der Waals surface area (Å²) in [5, 5.41) is 0.611. The summed E-state index contributed by atoms with van der Waals surface area (Å²) in [5.74, 6) is 1.37. The minimum Gasteiger partial charge on any atom is -0.377 e. The molecule has 0 bridgehead atoms. The van der Waals surface area contributed by atoms with E-state index in [1.54, 1.807) is 0 Å². The van der Waals surface area contributed by atoms with Gasteiger partial charge in [0.1, 0.15) is 0 Å². The molecule has 17 heavy (non-hydrogen) atoms. The molecule has 1 aromatic carbocycles. The van der Waals surface area contributed by atoms with Gasteiger partial charge in [-0.2, -0.15) is 0 Å². The molecule has 1 saturated heterocycles. The molecule has 0 saturated carbocycles. The van der Waals surface area contributed by atoms with Crippen LogP contribution in [0.25, 0.3) is 0 Å². The van der Waals surface area contributed by atoms with E-state index < -0.39 is 0 Å². The van der Waals surface area contributed by atoms with Crippen molar-refractivity contribution in [3.63, 3.8) is 0 Å². The molecule has 0 amide bonds. The Morgan fingerprint density at radius 1 is 1.29 bits per heavy atom. The summed E-state index contributed by atoms with van der Waals surface area (Å²) in [4.78, 5) is 1.36. The topological polar surface area (TPSA) is 9.23 Å². The zero-order valence-corrected chi connectivity index (χ0v) is 11.7. The van der Waals surface area contributed by atoms with Crippen molar-refractivity contribution in [2.75, 3.05) is 6.61 Å². The fourth-order valence-corrected chi connectivity index (χ4v) is 3.63. The number of thioether (sulfide) groups is 1. The Balaban J connectivity index is 2.01. The lowest BCUT2D eigenvalue weighted by Crippen LogP contribution is -2.23. The van der Waals surface area contributed by atoms with E-state index in [1.165, 1.54) is 11.3 Å². The van der Waals surface area contributed by atoms with Crippen LogP contribution in [0, 0.1) is 11.8 Å². The number of ether oxygens (including phenoxy) is 1. The standard InChI is InChI=1S/C15H22OS/c1-11(2)9-14-15(12(3)10-16-14)17-13-7-5-4-6-8-13/h4-8,11-12,14-15H,9-10H2,1-3H3/t12-,14+,15+/m0/s1. The molecule has 0 spiro atoms. The van der Waals surface area contributed by atoms with Gasteiger partial charge in [-0.3, -0.25) is 0 Å². The summed E-state index contributed by atoms with van der Waals surface area (Å²) in [6.07, 6.45) is 1.60. The van der Waals surface area contributed by atoms with Crippen LogP contribution in [0.15, 0.2) is 35.2 Å². The van der Waals surface area contributed by atoms with Gasteiger partial charge < -0.3 is 4.74 Å². The van der Waals surface area contributed by atoms with E-state index in [2.05, 4.69) is 51.1 Å². The van der Waals surface area contributed by atoms with Crippen molar-refractivity contribution >= 4 is 11.8 Å². The average Bonchev–Trinajstić information content (AvgIpc) is 2.62. The van der Waals surface area contributed by atoms with E-state index in [0.717, 1.165) is 6.61 Å². The Hall–Kier alpha value is -0.470. The predicted molar refractivity (Wildman–Crippen MR) is 74.4 cm³/mol. The largest absolute Gasteiger partial charge is 0.377 e. The maximum Gasteiger partial charge on any atom is 0.0703 e. The van der Waals surface area contributed by atoms with Crippen molar-refractivity contribution in [2.24, 2.45) is 11.8 Å². The van der Waals surface area contributed by atoms with Gasteiger partial charge in [-0.05, 0) is 30.4 Å². The number of hydrogen-bond donors (Lipinski definition) is 0. The molecule has 1 heterocycles. The third-order valence-electron chi connectivity index (χ3n) is 3.22. The molecular weight excluding hydrogens is 228 g/mol. The van der Waals surface area contributed by atoms with Gasteiger partial charge in [0, 0.05) is 10.1 Å². The lowest BCUT2D eigenvalue weighted by Gasteiger charge is -2.22. The monoisotopic (exact) mass is 250 g/mol. The molecule has 0 unspecified atom stereocenters. The number of benzene rings is 1. The average molecular weight is 250 g/mol. The summed E-state index contributed by atoms with van der Waals surface area (Å²) in [5.41, 5.74) is 0. The highest BCUT2D eigenvalue weighted by Gasteiger charge is 2.35. The van der Waals surface area contributed by atoms with Crippen molar-refractivity contribution in [3.05, 3.63) is 30.3 Å². The van der Waals surface area contributed by atoms with Gasteiger partial charge >= 0.3 is 0 Å². The van der Waals surface area contributed by atoms with E-state index in [9.17, 15) is 0 Å². The molecule has 2 rings (SSSR count). The molecule has 1 aliphatic heterocycles.